The van der Waals surface area contributed by atoms with Gasteiger partial charge < -0.3 is 9.67 Å². The zero-order chi connectivity index (χ0) is 14.9. The molecule has 2 aromatic rings. The van der Waals surface area contributed by atoms with E-state index in [4.69, 9.17) is 0 Å². The van der Waals surface area contributed by atoms with E-state index >= 15 is 0 Å². The summed E-state index contributed by atoms with van der Waals surface area (Å²) in [6.45, 7) is 3.80. The lowest BCUT2D eigenvalue weighted by Crippen LogP contribution is -1.98. The minimum absolute atomic E-state index is 0.155. The Morgan fingerprint density at radius 1 is 1.25 bits per heavy atom. The van der Waals surface area contributed by atoms with Gasteiger partial charge in [-0.1, -0.05) is 25.6 Å². The summed E-state index contributed by atoms with van der Waals surface area (Å²) in [5.74, 6) is -0.526. The Bertz CT molecular complexity index is 606. The molecule has 1 aromatic carbocycles. The average Bonchev–Trinajstić information content (AvgIpc) is 2.65. The maximum atomic E-state index is 13.2. The van der Waals surface area contributed by atoms with Crippen LogP contribution < -0.4 is 0 Å². The van der Waals surface area contributed by atoms with Gasteiger partial charge in [-0.3, -0.25) is 0 Å². The zero-order valence-corrected chi connectivity index (χ0v) is 12.3. The molecule has 108 valence electrons. The highest BCUT2D eigenvalue weighted by atomic mass is 32.2. The maximum absolute atomic E-state index is 13.2. The molecule has 0 saturated carbocycles. The van der Waals surface area contributed by atoms with Crippen LogP contribution in [0.3, 0.4) is 0 Å². The van der Waals surface area contributed by atoms with E-state index in [1.54, 1.807) is 11.6 Å². The minimum Gasteiger partial charge on any atom is -0.388 e. The van der Waals surface area contributed by atoms with Crippen molar-refractivity contribution >= 4 is 11.8 Å². The van der Waals surface area contributed by atoms with Crippen molar-refractivity contribution in [1.29, 1.82) is 0 Å². The first-order valence-corrected chi connectivity index (χ1v) is 7.04. The third-order valence-electron chi connectivity index (χ3n) is 2.90. The van der Waals surface area contributed by atoms with Gasteiger partial charge in [0.25, 0.3) is 0 Å². The first-order chi connectivity index (χ1) is 9.42. The van der Waals surface area contributed by atoms with Crippen molar-refractivity contribution in [2.75, 3.05) is 0 Å². The third-order valence-corrected chi connectivity index (χ3v) is 4.05. The SMILES string of the molecule is CC(C)c1nc(CO)n(C)c1Sc1cc(F)cc(F)c1. The summed E-state index contributed by atoms with van der Waals surface area (Å²) in [7, 11) is 1.78. The van der Waals surface area contributed by atoms with Crippen LogP contribution in [0.15, 0.2) is 28.1 Å². The molecule has 0 amide bonds. The van der Waals surface area contributed by atoms with Crippen LogP contribution in [0.25, 0.3) is 0 Å². The highest BCUT2D eigenvalue weighted by Gasteiger charge is 2.18. The predicted octanol–water partition coefficient (Wildman–Crippen LogP) is 3.47. The number of hydrogen-bond acceptors (Lipinski definition) is 3. The van der Waals surface area contributed by atoms with Crippen molar-refractivity contribution in [2.24, 2.45) is 7.05 Å². The molecule has 0 radical (unpaired) electrons. The molecule has 0 aliphatic carbocycles. The minimum atomic E-state index is -0.608. The van der Waals surface area contributed by atoms with Gasteiger partial charge in [-0.15, -0.1) is 0 Å². The second kappa shape index (κ2) is 5.93. The normalized spacial score (nSPS) is 11.3. The van der Waals surface area contributed by atoms with Crippen LogP contribution >= 0.6 is 11.8 Å². The molecule has 0 fully saturated rings. The number of imidazole rings is 1. The second-order valence-electron chi connectivity index (χ2n) is 4.80. The number of hydrogen-bond donors (Lipinski definition) is 1. The van der Waals surface area contributed by atoms with Crippen LogP contribution in [-0.2, 0) is 13.7 Å². The summed E-state index contributed by atoms with van der Waals surface area (Å²) in [5.41, 5.74) is 0.811. The largest absolute Gasteiger partial charge is 0.388 e. The molecular weight excluding hydrogens is 282 g/mol. The zero-order valence-electron chi connectivity index (χ0n) is 11.5. The Morgan fingerprint density at radius 2 is 1.85 bits per heavy atom. The molecule has 0 unspecified atom stereocenters. The number of benzene rings is 1. The Kier molecular flexibility index (Phi) is 4.45. The molecular formula is C14H16F2N2OS. The van der Waals surface area contributed by atoms with Crippen LogP contribution in [0, 0.1) is 11.6 Å². The molecule has 1 heterocycles. The van der Waals surface area contributed by atoms with E-state index < -0.39 is 11.6 Å². The lowest BCUT2D eigenvalue weighted by molar-refractivity contribution is 0.266. The van der Waals surface area contributed by atoms with Crippen LogP contribution in [-0.4, -0.2) is 14.7 Å². The molecule has 3 nitrogen and oxygen atoms in total. The summed E-state index contributed by atoms with van der Waals surface area (Å²) in [6, 6.07) is 3.41. The summed E-state index contributed by atoms with van der Waals surface area (Å²) in [4.78, 5) is 4.84. The van der Waals surface area contributed by atoms with E-state index in [0.29, 0.717) is 10.7 Å². The first-order valence-electron chi connectivity index (χ1n) is 6.22. The second-order valence-corrected chi connectivity index (χ2v) is 5.86. The highest BCUT2D eigenvalue weighted by Crippen LogP contribution is 2.34. The van der Waals surface area contributed by atoms with E-state index in [1.807, 2.05) is 13.8 Å². The molecule has 1 N–H and O–H groups in total. The van der Waals surface area contributed by atoms with E-state index in [9.17, 15) is 13.9 Å². The Labute approximate surface area is 120 Å². The third kappa shape index (κ3) is 3.02. The monoisotopic (exact) mass is 298 g/mol. The van der Waals surface area contributed by atoms with E-state index in [-0.39, 0.29) is 12.5 Å². The van der Waals surface area contributed by atoms with Crippen molar-refractivity contribution in [3.8, 4) is 0 Å². The molecule has 0 aliphatic rings. The Balaban J connectivity index is 2.44. The number of aromatic nitrogens is 2. The Morgan fingerprint density at radius 3 is 2.35 bits per heavy atom. The van der Waals surface area contributed by atoms with Gasteiger partial charge in [0, 0.05) is 18.0 Å². The van der Waals surface area contributed by atoms with Gasteiger partial charge in [-0.2, -0.15) is 0 Å². The standard InChI is InChI=1S/C14H16F2N2OS/c1-8(2)13-14(18(3)12(7-19)17-13)20-11-5-9(15)4-10(16)6-11/h4-6,8,19H,7H2,1-3H3. The summed E-state index contributed by atoms with van der Waals surface area (Å²) < 4.78 is 28.2. The van der Waals surface area contributed by atoms with Gasteiger partial charge in [0.15, 0.2) is 0 Å². The van der Waals surface area contributed by atoms with Gasteiger partial charge in [-0.05, 0) is 18.1 Å². The number of aliphatic hydroxyl groups excluding tert-OH is 1. The predicted molar refractivity (Wildman–Crippen MR) is 73.7 cm³/mol. The molecule has 6 heteroatoms. The Hall–Kier alpha value is -1.40. The maximum Gasteiger partial charge on any atom is 0.135 e. The number of nitrogens with zero attached hydrogens (tertiary/aromatic N) is 2. The topological polar surface area (TPSA) is 38.1 Å². The van der Waals surface area contributed by atoms with Crippen LogP contribution in [0.2, 0.25) is 0 Å². The fourth-order valence-electron chi connectivity index (χ4n) is 1.89. The molecule has 0 bridgehead atoms. The van der Waals surface area contributed by atoms with Crippen LogP contribution in [0.4, 0.5) is 8.78 Å². The number of rotatable bonds is 4. The van der Waals surface area contributed by atoms with Crippen molar-refractivity contribution in [3.05, 3.63) is 41.4 Å². The smallest absolute Gasteiger partial charge is 0.135 e. The molecule has 20 heavy (non-hydrogen) atoms. The number of aliphatic hydroxyl groups is 1. The average molecular weight is 298 g/mol. The quantitative estimate of drug-likeness (QED) is 0.939. The fourth-order valence-corrected chi connectivity index (χ4v) is 3.08. The van der Waals surface area contributed by atoms with Gasteiger partial charge in [0.1, 0.15) is 29.1 Å². The molecule has 0 saturated heterocycles. The first kappa shape index (κ1) is 15.0. The van der Waals surface area contributed by atoms with E-state index in [0.717, 1.165) is 16.8 Å². The van der Waals surface area contributed by atoms with E-state index in [2.05, 4.69) is 4.98 Å². The molecule has 0 atom stereocenters. The summed E-state index contributed by atoms with van der Waals surface area (Å²) in [6.07, 6.45) is 0. The molecule has 2 rings (SSSR count). The molecule has 0 aliphatic heterocycles. The van der Waals surface area contributed by atoms with Gasteiger partial charge in [0.2, 0.25) is 0 Å². The van der Waals surface area contributed by atoms with Crippen LogP contribution in [0.5, 0.6) is 0 Å². The van der Waals surface area contributed by atoms with Crippen LogP contribution in [0.1, 0.15) is 31.3 Å². The fraction of sp³-hybridized carbons (Fsp3) is 0.357. The molecule has 0 spiro atoms. The van der Waals surface area contributed by atoms with Gasteiger partial charge in [0.05, 0.1) is 5.69 Å². The van der Waals surface area contributed by atoms with Crippen molar-refractivity contribution in [3.63, 3.8) is 0 Å². The van der Waals surface area contributed by atoms with Gasteiger partial charge in [-0.25, -0.2) is 13.8 Å². The number of halogens is 2. The van der Waals surface area contributed by atoms with Crippen molar-refractivity contribution in [1.82, 2.24) is 9.55 Å². The lowest BCUT2D eigenvalue weighted by atomic mass is 10.2. The van der Waals surface area contributed by atoms with Gasteiger partial charge >= 0.3 is 0 Å². The lowest BCUT2D eigenvalue weighted by Gasteiger charge is -2.08. The highest BCUT2D eigenvalue weighted by molar-refractivity contribution is 7.99. The summed E-state index contributed by atoms with van der Waals surface area (Å²) >= 11 is 1.24. The van der Waals surface area contributed by atoms with Crippen molar-refractivity contribution in [2.45, 2.75) is 36.3 Å². The molecule has 1 aromatic heterocycles. The van der Waals surface area contributed by atoms with E-state index in [1.165, 1.54) is 23.9 Å². The van der Waals surface area contributed by atoms with Crippen molar-refractivity contribution < 1.29 is 13.9 Å². The summed E-state index contributed by atoms with van der Waals surface area (Å²) in [5, 5.41) is 10.1.